The SMILES string of the molecule is COc1cccc(Cc2cccc(F)c2N)c1. The largest absolute Gasteiger partial charge is 0.497 e. The molecule has 3 heteroatoms. The summed E-state index contributed by atoms with van der Waals surface area (Å²) in [5, 5.41) is 0. The molecular formula is C14H14FNO. The average molecular weight is 231 g/mol. The molecule has 2 N–H and O–H groups in total. The summed E-state index contributed by atoms with van der Waals surface area (Å²) >= 11 is 0. The second-order valence-electron chi connectivity index (χ2n) is 3.84. The van der Waals surface area contributed by atoms with Crippen molar-refractivity contribution in [3.63, 3.8) is 0 Å². The van der Waals surface area contributed by atoms with Gasteiger partial charge in [-0.05, 0) is 35.7 Å². The van der Waals surface area contributed by atoms with Crippen molar-refractivity contribution in [2.24, 2.45) is 0 Å². The maximum Gasteiger partial charge on any atom is 0.146 e. The van der Waals surface area contributed by atoms with Crippen molar-refractivity contribution in [1.82, 2.24) is 0 Å². The van der Waals surface area contributed by atoms with Crippen molar-refractivity contribution in [2.75, 3.05) is 12.8 Å². The lowest BCUT2D eigenvalue weighted by Crippen LogP contribution is -1.98. The summed E-state index contributed by atoms with van der Waals surface area (Å²) in [6.45, 7) is 0. The van der Waals surface area contributed by atoms with Crippen LogP contribution < -0.4 is 10.5 Å². The molecule has 2 aromatic carbocycles. The first-order chi connectivity index (χ1) is 8.20. The van der Waals surface area contributed by atoms with Gasteiger partial charge in [0.05, 0.1) is 12.8 Å². The third-order valence-electron chi connectivity index (χ3n) is 2.67. The minimum atomic E-state index is -0.370. The molecule has 0 aromatic heterocycles. The number of rotatable bonds is 3. The fourth-order valence-electron chi connectivity index (χ4n) is 1.74. The molecule has 0 aliphatic rings. The summed E-state index contributed by atoms with van der Waals surface area (Å²) in [5.74, 6) is 0.419. The topological polar surface area (TPSA) is 35.2 Å². The van der Waals surface area contributed by atoms with E-state index in [4.69, 9.17) is 10.5 Å². The Morgan fingerprint density at radius 1 is 1.18 bits per heavy atom. The number of benzene rings is 2. The van der Waals surface area contributed by atoms with Gasteiger partial charge in [-0.25, -0.2) is 4.39 Å². The summed E-state index contributed by atoms with van der Waals surface area (Å²) in [7, 11) is 1.62. The maximum absolute atomic E-state index is 13.3. The van der Waals surface area contributed by atoms with Crippen LogP contribution in [0.3, 0.4) is 0 Å². The standard InChI is InChI=1S/C14H14FNO/c1-17-12-6-2-4-10(9-12)8-11-5-3-7-13(15)14(11)16/h2-7,9H,8,16H2,1H3. The lowest BCUT2D eigenvalue weighted by Gasteiger charge is -2.07. The zero-order valence-electron chi connectivity index (χ0n) is 9.61. The number of ether oxygens (including phenoxy) is 1. The Hall–Kier alpha value is -2.03. The van der Waals surface area contributed by atoms with Crippen LogP contribution in [0.15, 0.2) is 42.5 Å². The number of para-hydroxylation sites is 1. The average Bonchev–Trinajstić information content (AvgIpc) is 2.35. The maximum atomic E-state index is 13.3. The van der Waals surface area contributed by atoms with E-state index in [-0.39, 0.29) is 11.5 Å². The fraction of sp³-hybridized carbons (Fsp3) is 0.143. The van der Waals surface area contributed by atoms with Crippen LogP contribution in [0.2, 0.25) is 0 Å². The first-order valence-electron chi connectivity index (χ1n) is 5.36. The molecule has 0 radical (unpaired) electrons. The number of nitrogens with two attached hydrogens (primary N) is 1. The van der Waals surface area contributed by atoms with Crippen LogP contribution in [0.25, 0.3) is 0 Å². The fourth-order valence-corrected chi connectivity index (χ4v) is 1.74. The zero-order valence-corrected chi connectivity index (χ0v) is 9.61. The number of halogens is 1. The van der Waals surface area contributed by atoms with E-state index < -0.39 is 0 Å². The van der Waals surface area contributed by atoms with E-state index in [1.807, 2.05) is 30.3 Å². The van der Waals surface area contributed by atoms with Gasteiger partial charge in [0.15, 0.2) is 0 Å². The predicted octanol–water partition coefficient (Wildman–Crippen LogP) is 3.01. The molecule has 0 unspecified atom stereocenters. The Morgan fingerprint density at radius 2 is 1.94 bits per heavy atom. The van der Waals surface area contributed by atoms with Crippen LogP contribution in [-0.4, -0.2) is 7.11 Å². The van der Waals surface area contributed by atoms with Gasteiger partial charge in [0, 0.05) is 0 Å². The molecule has 0 heterocycles. The molecule has 0 aliphatic heterocycles. The minimum absolute atomic E-state index is 0.218. The lowest BCUT2D eigenvalue weighted by molar-refractivity contribution is 0.414. The van der Waals surface area contributed by atoms with Gasteiger partial charge in [0.25, 0.3) is 0 Å². The van der Waals surface area contributed by atoms with Crippen molar-refractivity contribution < 1.29 is 9.13 Å². The first kappa shape index (κ1) is 11.5. The summed E-state index contributed by atoms with van der Waals surface area (Å²) in [5.41, 5.74) is 7.75. The molecule has 0 bridgehead atoms. The van der Waals surface area contributed by atoms with Gasteiger partial charge >= 0.3 is 0 Å². The van der Waals surface area contributed by atoms with Gasteiger partial charge in [0.1, 0.15) is 11.6 Å². The van der Waals surface area contributed by atoms with E-state index in [0.717, 1.165) is 16.9 Å². The van der Waals surface area contributed by atoms with Crippen molar-refractivity contribution in [1.29, 1.82) is 0 Å². The Balaban J connectivity index is 2.28. The van der Waals surface area contributed by atoms with Crippen LogP contribution >= 0.6 is 0 Å². The minimum Gasteiger partial charge on any atom is -0.497 e. The van der Waals surface area contributed by atoms with Crippen molar-refractivity contribution in [3.05, 3.63) is 59.4 Å². The van der Waals surface area contributed by atoms with Crippen molar-refractivity contribution in [3.8, 4) is 5.75 Å². The molecule has 0 aliphatic carbocycles. The highest BCUT2D eigenvalue weighted by molar-refractivity contribution is 5.50. The summed E-state index contributed by atoms with van der Waals surface area (Å²) in [6.07, 6.45) is 0.598. The number of hydrogen-bond donors (Lipinski definition) is 1. The van der Waals surface area contributed by atoms with E-state index >= 15 is 0 Å². The predicted molar refractivity (Wildman–Crippen MR) is 66.6 cm³/mol. The summed E-state index contributed by atoms with van der Waals surface area (Å²) < 4.78 is 18.4. The highest BCUT2D eigenvalue weighted by atomic mass is 19.1. The van der Waals surface area contributed by atoms with E-state index in [1.165, 1.54) is 6.07 Å². The van der Waals surface area contributed by atoms with E-state index in [9.17, 15) is 4.39 Å². The van der Waals surface area contributed by atoms with Gasteiger partial charge in [-0.3, -0.25) is 0 Å². The molecule has 0 spiro atoms. The number of methoxy groups -OCH3 is 1. The van der Waals surface area contributed by atoms with Crippen LogP contribution in [0.5, 0.6) is 5.75 Å². The second-order valence-corrected chi connectivity index (χ2v) is 3.84. The van der Waals surface area contributed by atoms with Crippen molar-refractivity contribution >= 4 is 5.69 Å². The quantitative estimate of drug-likeness (QED) is 0.824. The Labute approximate surface area is 99.8 Å². The molecule has 2 rings (SSSR count). The lowest BCUT2D eigenvalue weighted by atomic mass is 10.0. The molecule has 0 amide bonds. The monoisotopic (exact) mass is 231 g/mol. The molecule has 2 nitrogen and oxygen atoms in total. The van der Waals surface area contributed by atoms with Gasteiger partial charge in [0.2, 0.25) is 0 Å². The number of hydrogen-bond acceptors (Lipinski definition) is 2. The summed E-state index contributed by atoms with van der Waals surface area (Å²) in [4.78, 5) is 0. The second kappa shape index (κ2) is 4.87. The molecule has 88 valence electrons. The molecule has 0 atom stereocenters. The number of nitrogen functional groups attached to an aromatic ring is 1. The van der Waals surface area contributed by atoms with Crippen LogP contribution in [0, 0.1) is 5.82 Å². The molecule has 0 saturated carbocycles. The Kier molecular flexibility index (Phi) is 3.28. The van der Waals surface area contributed by atoms with Gasteiger partial charge < -0.3 is 10.5 Å². The van der Waals surface area contributed by atoms with Crippen LogP contribution in [0.4, 0.5) is 10.1 Å². The number of anilines is 1. The highest BCUT2D eigenvalue weighted by Crippen LogP contribution is 2.21. The van der Waals surface area contributed by atoms with Gasteiger partial charge in [-0.1, -0.05) is 24.3 Å². The normalized spacial score (nSPS) is 10.2. The zero-order chi connectivity index (χ0) is 12.3. The molecule has 0 fully saturated rings. The van der Waals surface area contributed by atoms with Crippen LogP contribution in [0.1, 0.15) is 11.1 Å². The van der Waals surface area contributed by atoms with Gasteiger partial charge in [-0.15, -0.1) is 0 Å². The van der Waals surface area contributed by atoms with Crippen LogP contribution in [-0.2, 0) is 6.42 Å². The summed E-state index contributed by atoms with van der Waals surface area (Å²) in [6, 6.07) is 12.5. The van der Waals surface area contributed by atoms with Gasteiger partial charge in [-0.2, -0.15) is 0 Å². The third-order valence-corrected chi connectivity index (χ3v) is 2.67. The van der Waals surface area contributed by atoms with E-state index in [2.05, 4.69) is 0 Å². The molecular weight excluding hydrogens is 217 g/mol. The van der Waals surface area contributed by atoms with Crippen molar-refractivity contribution in [2.45, 2.75) is 6.42 Å². The molecule has 0 saturated heterocycles. The first-order valence-corrected chi connectivity index (χ1v) is 5.36. The Morgan fingerprint density at radius 3 is 2.71 bits per heavy atom. The van der Waals surface area contributed by atoms with E-state index in [1.54, 1.807) is 13.2 Å². The third kappa shape index (κ3) is 2.56. The molecule has 2 aromatic rings. The smallest absolute Gasteiger partial charge is 0.146 e. The highest BCUT2D eigenvalue weighted by Gasteiger charge is 2.05. The molecule has 17 heavy (non-hydrogen) atoms. The Bertz CT molecular complexity index is 525. The van der Waals surface area contributed by atoms with E-state index in [0.29, 0.717) is 6.42 Å².